The van der Waals surface area contributed by atoms with Crippen LogP contribution in [0.2, 0.25) is 0 Å². The second-order valence-electron chi connectivity index (χ2n) is 5.46. The van der Waals surface area contributed by atoms with Crippen LogP contribution in [0.5, 0.6) is 5.75 Å². The van der Waals surface area contributed by atoms with Gasteiger partial charge in [-0.2, -0.15) is 0 Å². The molecule has 3 rings (SSSR count). The lowest BCUT2D eigenvalue weighted by Gasteiger charge is -2.24. The first-order chi connectivity index (χ1) is 10.2. The quantitative estimate of drug-likeness (QED) is 0.914. The normalized spacial score (nSPS) is 22.6. The number of methoxy groups -OCH3 is 1. The fraction of sp³-hybridized carbons (Fsp3) is 0.467. The lowest BCUT2D eigenvalue weighted by molar-refractivity contribution is 0.171. The number of β-amino-alcohol motifs (C(OH)–C–C–N with tert-alkyl or cyclic N) is 1. The number of aryl methyl sites for hydroxylation is 1. The van der Waals surface area contributed by atoms with Crippen molar-refractivity contribution in [1.82, 2.24) is 19.9 Å². The number of aliphatic hydroxyl groups excluding tert-OH is 1. The summed E-state index contributed by atoms with van der Waals surface area (Å²) in [4.78, 5) is 2.26. The van der Waals surface area contributed by atoms with E-state index in [9.17, 15) is 5.11 Å². The molecular weight excluding hydrogens is 268 g/mol. The number of hydrogen-bond donors (Lipinski definition) is 1. The molecule has 21 heavy (non-hydrogen) atoms. The zero-order valence-corrected chi connectivity index (χ0v) is 12.3. The van der Waals surface area contributed by atoms with Gasteiger partial charge in [-0.3, -0.25) is 9.58 Å². The van der Waals surface area contributed by atoms with Crippen LogP contribution in [-0.2, 0) is 13.6 Å². The first kappa shape index (κ1) is 14.0. The Bertz CT molecular complexity index is 613. The maximum absolute atomic E-state index is 10.0. The van der Waals surface area contributed by atoms with Gasteiger partial charge in [0.25, 0.3) is 0 Å². The molecule has 0 bridgehead atoms. The Morgan fingerprint density at radius 2 is 2.29 bits per heavy atom. The van der Waals surface area contributed by atoms with E-state index in [1.807, 2.05) is 25.2 Å². The van der Waals surface area contributed by atoms with Crippen molar-refractivity contribution < 1.29 is 9.84 Å². The molecule has 2 heterocycles. The fourth-order valence-corrected chi connectivity index (χ4v) is 2.91. The second-order valence-corrected chi connectivity index (χ2v) is 5.46. The van der Waals surface area contributed by atoms with E-state index in [0.29, 0.717) is 6.54 Å². The Kier molecular flexibility index (Phi) is 3.90. The molecule has 0 unspecified atom stereocenters. The highest BCUT2D eigenvalue weighted by molar-refractivity contribution is 5.31. The van der Waals surface area contributed by atoms with Crippen molar-refractivity contribution in [3.05, 3.63) is 41.7 Å². The SMILES string of the molecule is COc1cccc([C@H]2C[C@H](O)CN2Cc2cnnn2C)c1. The van der Waals surface area contributed by atoms with E-state index in [1.165, 1.54) is 5.56 Å². The number of nitrogens with zero attached hydrogens (tertiary/aromatic N) is 4. The minimum absolute atomic E-state index is 0.185. The summed E-state index contributed by atoms with van der Waals surface area (Å²) in [6.45, 7) is 1.38. The van der Waals surface area contributed by atoms with Gasteiger partial charge < -0.3 is 9.84 Å². The summed E-state index contributed by atoms with van der Waals surface area (Å²) in [6, 6.07) is 8.23. The molecule has 2 aromatic rings. The standard InChI is InChI=1S/C15H20N4O2/c1-18-12(8-16-17-18)9-19-10-13(20)7-15(19)11-4-3-5-14(6-11)21-2/h3-6,8,13,15,20H,7,9-10H2,1-2H3/t13-,15+/m0/s1. The average Bonchev–Trinajstić information content (AvgIpc) is 3.06. The third-order valence-electron chi connectivity index (χ3n) is 4.03. The number of aliphatic hydroxyl groups is 1. The van der Waals surface area contributed by atoms with Crippen LogP contribution in [0, 0.1) is 0 Å². The highest BCUT2D eigenvalue weighted by Gasteiger charge is 2.32. The zero-order valence-electron chi connectivity index (χ0n) is 12.3. The van der Waals surface area contributed by atoms with Crippen molar-refractivity contribution >= 4 is 0 Å². The second kappa shape index (κ2) is 5.83. The summed E-state index contributed by atoms with van der Waals surface area (Å²) in [5.41, 5.74) is 2.21. The molecule has 1 aliphatic rings. The lowest BCUT2D eigenvalue weighted by atomic mass is 10.0. The van der Waals surface area contributed by atoms with E-state index in [4.69, 9.17) is 4.74 Å². The van der Waals surface area contributed by atoms with E-state index < -0.39 is 0 Å². The van der Waals surface area contributed by atoms with Crippen molar-refractivity contribution in [2.45, 2.75) is 25.1 Å². The van der Waals surface area contributed by atoms with E-state index in [2.05, 4.69) is 21.3 Å². The molecule has 1 saturated heterocycles. The van der Waals surface area contributed by atoms with Gasteiger partial charge in [-0.15, -0.1) is 5.10 Å². The topological polar surface area (TPSA) is 63.4 Å². The largest absolute Gasteiger partial charge is 0.497 e. The molecule has 0 spiro atoms. The summed E-state index contributed by atoms with van der Waals surface area (Å²) in [5.74, 6) is 0.844. The van der Waals surface area contributed by atoms with Crippen molar-refractivity contribution in [1.29, 1.82) is 0 Å². The molecule has 1 N–H and O–H groups in total. The van der Waals surface area contributed by atoms with Gasteiger partial charge in [-0.05, 0) is 24.1 Å². The monoisotopic (exact) mass is 288 g/mol. The van der Waals surface area contributed by atoms with Gasteiger partial charge in [0.05, 0.1) is 25.1 Å². The fourth-order valence-electron chi connectivity index (χ4n) is 2.91. The van der Waals surface area contributed by atoms with Gasteiger partial charge in [0.15, 0.2) is 0 Å². The van der Waals surface area contributed by atoms with E-state index in [0.717, 1.165) is 24.4 Å². The smallest absolute Gasteiger partial charge is 0.119 e. The van der Waals surface area contributed by atoms with Crippen LogP contribution < -0.4 is 4.74 Å². The number of benzene rings is 1. The molecule has 0 aliphatic carbocycles. The summed E-state index contributed by atoms with van der Waals surface area (Å²) in [5, 5.41) is 17.9. The van der Waals surface area contributed by atoms with Gasteiger partial charge in [-0.25, -0.2) is 0 Å². The molecule has 1 aromatic heterocycles. The molecule has 112 valence electrons. The minimum Gasteiger partial charge on any atom is -0.497 e. The maximum Gasteiger partial charge on any atom is 0.119 e. The van der Waals surface area contributed by atoms with Crippen LogP contribution in [0.1, 0.15) is 23.7 Å². The molecule has 1 aromatic carbocycles. The summed E-state index contributed by atoms with van der Waals surface area (Å²) >= 11 is 0. The van der Waals surface area contributed by atoms with Gasteiger partial charge in [0.1, 0.15) is 5.75 Å². The van der Waals surface area contributed by atoms with Crippen molar-refractivity contribution in [3.63, 3.8) is 0 Å². The average molecular weight is 288 g/mol. The highest BCUT2D eigenvalue weighted by atomic mass is 16.5. The van der Waals surface area contributed by atoms with Crippen LogP contribution in [-0.4, -0.2) is 44.8 Å². The van der Waals surface area contributed by atoms with Gasteiger partial charge in [-0.1, -0.05) is 17.3 Å². The Hall–Kier alpha value is -1.92. The van der Waals surface area contributed by atoms with Crippen molar-refractivity contribution in [3.8, 4) is 5.75 Å². The lowest BCUT2D eigenvalue weighted by Crippen LogP contribution is -2.25. The Morgan fingerprint density at radius 3 is 3.00 bits per heavy atom. The van der Waals surface area contributed by atoms with Crippen molar-refractivity contribution in [2.24, 2.45) is 7.05 Å². The number of ether oxygens (including phenoxy) is 1. The molecule has 0 amide bonds. The van der Waals surface area contributed by atoms with Crippen LogP contribution >= 0.6 is 0 Å². The first-order valence-corrected chi connectivity index (χ1v) is 7.07. The summed E-state index contributed by atoms with van der Waals surface area (Å²) in [7, 11) is 3.55. The summed E-state index contributed by atoms with van der Waals surface area (Å²) in [6.07, 6.45) is 2.20. The molecule has 1 fully saturated rings. The number of likely N-dealkylation sites (tertiary alicyclic amines) is 1. The van der Waals surface area contributed by atoms with Crippen molar-refractivity contribution in [2.75, 3.05) is 13.7 Å². The maximum atomic E-state index is 10.0. The van der Waals surface area contributed by atoms with Crippen LogP contribution in [0.15, 0.2) is 30.5 Å². The van der Waals surface area contributed by atoms with Crippen LogP contribution in [0.25, 0.3) is 0 Å². The molecule has 0 radical (unpaired) electrons. The molecular formula is C15H20N4O2. The minimum atomic E-state index is -0.303. The van der Waals surface area contributed by atoms with E-state index >= 15 is 0 Å². The highest BCUT2D eigenvalue weighted by Crippen LogP contribution is 2.34. The molecule has 6 heteroatoms. The van der Waals surface area contributed by atoms with Gasteiger partial charge in [0, 0.05) is 26.2 Å². The first-order valence-electron chi connectivity index (χ1n) is 7.07. The van der Waals surface area contributed by atoms with Crippen LogP contribution in [0.3, 0.4) is 0 Å². The predicted molar refractivity (Wildman–Crippen MR) is 77.8 cm³/mol. The number of hydrogen-bond acceptors (Lipinski definition) is 5. The number of aromatic nitrogens is 3. The predicted octanol–water partition coefficient (Wildman–Crippen LogP) is 1.13. The molecule has 2 atom stereocenters. The molecule has 1 aliphatic heterocycles. The Morgan fingerprint density at radius 1 is 1.43 bits per heavy atom. The summed E-state index contributed by atoms with van der Waals surface area (Å²) < 4.78 is 7.07. The van der Waals surface area contributed by atoms with Gasteiger partial charge >= 0.3 is 0 Å². The zero-order chi connectivity index (χ0) is 14.8. The molecule has 6 nitrogen and oxygen atoms in total. The molecule has 0 saturated carbocycles. The van der Waals surface area contributed by atoms with E-state index in [1.54, 1.807) is 18.0 Å². The van der Waals surface area contributed by atoms with Crippen LogP contribution in [0.4, 0.5) is 0 Å². The Labute approximate surface area is 124 Å². The number of rotatable bonds is 4. The van der Waals surface area contributed by atoms with Gasteiger partial charge in [0.2, 0.25) is 0 Å². The Balaban J connectivity index is 1.83. The van der Waals surface area contributed by atoms with E-state index in [-0.39, 0.29) is 12.1 Å². The third-order valence-corrected chi connectivity index (χ3v) is 4.03. The third kappa shape index (κ3) is 2.91.